The zero-order valence-electron chi connectivity index (χ0n) is 11.8. The molecule has 0 saturated heterocycles. The van der Waals surface area contributed by atoms with Crippen molar-refractivity contribution < 1.29 is 4.79 Å². The van der Waals surface area contributed by atoms with Gasteiger partial charge in [-0.25, -0.2) is 4.98 Å². The van der Waals surface area contributed by atoms with E-state index in [-0.39, 0.29) is 17.9 Å². The van der Waals surface area contributed by atoms with Crippen molar-refractivity contribution in [2.24, 2.45) is 5.92 Å². The number of nitrogens with zero attached hydrogens (tertiary/aromatic N) is 1. The number of hydrogen-bond donors (Lipinski definition) is 1. The second-order valence-electron chi connectivity index (χ2n) is 5.11. The van der Waals surface area contributed by atoms with Crippen molar-refractivity contribution >= 4 is 33.4 Å². The molecule has 0 bridgehead atoms. The van der Waals surface area contributed by atoms with Crippen molar-refractivity contribution in [1.82, 2.24) is 10.3 Å². The molecule has 1 amide bonds. The van der Waals surface area contributed by atoms with Crippen LogP contribution >= 0.6 is 27.5 Å². The number of nitrogens with one attached hydrogen (secondary N) is 1. The van der Waals surface area contributed by atoms with E-state index in [9.17, 15) is 4.79 Å². The summed E-state index contributed by atoms with van der Waals surface area (Å²) in [5.74, 6) is 0.0710. The van der Waals surface area contributed by atoms with Crippen LogP contribution < -0.4 is 5.32 Å². The standard InChI is InChI=1S/C16H16BrClN2O/c1-10(2)15(11-3-6-13(18)7-4-11)20-16(21)14-8-5-12(17)9-19-14/h3-10,15H,1-2H3,(H,20,21). The van der Waals surface area contributed by atoms with Gasteiger partial charge in [-0.3, -0.25) is 4.79 Å². The van der Waals surface area contributed by atoms with Crippen molar-refractivity contribution in [3.63, 3.8) is 0 Å². The summed E-state index contributed by atoms with van der Waals surface area (Å²) < 4.78 is 0.845. The molecule has 0 spiro atoms. The van der Waals surface area contributed by atoms with Crippen LogP contribution in [0.3, 0.4) is 0 Å². The number of carbonyl (C=O) groups excluding carboxylic acids is 1. The molecule has 1 unspecified atom stereocenters. The third kappa shape index (κ3) is 4.29. The van der Waals surface area contributed by atoms with Crippen LogP contribution in [0.5, 0.6) is 0 Å². The highest BCUT2D eigenvalue weighted by Gasteiger charge is 2.19. The maximum Gasteiger partial charge on any atom is 0.270 e. The molecule has 5 heteroatoms. The van der Waals surface area contributed by atoms with Crippen LogP contribution in [0, 0.1) is 5.92 Å². The predicted octanol–water partition coefficient (Wildman–Crippen LogP) is 4.62. The highest BCUT2D eigenvalue weighted by atomic mass is 79.9. The Morgan fingerprint density at radius 1 is 1.19 bits per heavy atom. The van der Waals surface area contributed by atoms with Gasteiger partial charge in [-0.15, -0.1) is 0 Å². The van der Waals surface area contributed by atoms with Gasteiger partial charge in [0.05, 0.1) is 6.04 Å². The first-order chi connectivity index (χ1) is 9.97. The zero-order chi connectivity index (χ0) is 15.4. The Hall–Kier alpha value is -1.39. The maximum atomic E-state index is 12.3. The first kappa shape index (κ1) is 16.0. The van der Waals surface area contributed by atoms with Crippen LogP contribution in [0.25, 0.3) is 0 Å². The van der Waals surface area contributed by atoms with Gasteiger partial charge in [0.15, 0.2) is 0 Å². The fraction of sp³-hybridized carbons (Fsp3) is 0.250. The summed E-state index contributed by atoms with van der Waals surface area (Å²) in [7, 11) is 0. The summed E-state index contributed by atoms with van der Waals surface area (Å²) in [5.41, 5.74) is 1.43. The first-order valence-electron chi connectivity index (χ1n) is 6.65. The van der Waals surface area contributed by atoms with E-state index in [1.54, 1.807) is 18.3 Å². The molecule has 0 fully saturated rings. The van der Waals surface area contributed by atoms with Crippen molar-refractivity contribution in [3.8, 4) is 0 Å². The molecule has 0 aliphatic carbocycles. The molecule has 110 valence electrons. The van der Waals surface area contributed by atoms with Gasteiger partial charge in [0.1, 0.15) is 5.69 Å². The first-order valence-corrected chi connectivity index (χ1v) is 7.82. The minimum Gasteiger partial charge on any atom is -0.344 e. The topological polar surface area (TPSA) is 42.0 Å². The van der Waals surface area contributed by atoms with E-state index in [0.717, 1.165) is 10.0 Å². The van der Waals surface area contributed by atoms with E-state index in [0.29, 0.717) is 10.7 Å². The van der Waals surface area contributed by atoms with Gasteiger partial charge in [0.2, 0.25) is 0 Å². The Kier molecular flexibility index (Phi) is 5.37. The average molecular weight is 368 g/mol. The monoisotopic (exact) mass is 366 g/mol. The van der Waals surface area contributed by atoms with Crippen LogP contribution in [-0.4, -0.2) is 10.9 Å². The van der Waals surface area contributed by atoms with Gasteiger partial charge >= 0.3 is 0 Å². The summed E-state index contributed by atoms with van der Waals surface area (Å²) >= 11 is 9.22. The molecule has 1 heterocycles. The quantitative estimate of drug-likeness (QED) is 0.856. The van der Waals surface area contributed by atoms with Crippen LogP contribution in [-0.2, 0) is 0 Å². The van der Waals surface area contributed by atoms with Crippen LogP contribution in [0.1, 0.15) is 35.9 Å². The van der Waals surface area contributed by atoms with E-state index < -0.39 is 0 Å². The highest BCUT2D eigenvalue weighted by molar-refractivity contribution is 9.10. The lowest BCUT2D eigenvalue weighted by Gasteiger charge is -2.22. The molecule has 1 N–H and O–H groups in total. The molecule has 0 radical (unpaired) electrons. The van der Waals surface area contributed by atoms with Crippen molar-refractivity contribution in [3.05, 3.63) is 63.3 Å². The number of halogens is 2. The number of aromatic nitrogens is 1. The average Bonchev–Trinajstić information content (AvgIpc) is 2.46. The summed E-state index contributed by atoms with van der Waals surface area (Å²) in [6.45, 7) is 4.13. The van der Waals surface area contributed by atoms with Gasteiger partial charge in [0.25, 0.3) is 5.91 Å². The SMILES string of the molecule is CC(C)C(NC(=O)c1ccc(Br)cn1)c1ccc(Cl)cc1. The van der Waals surface area contributed by atoms with Crippen molar-refractivity contribution in [2.45, 2.75) is 19.9 Å². The van der Waals surface area contributed by atoms with E-state index in [4.69, 9.17) is 11.6 Å². The lowest BCUT2D eigenvalue weighted by Crippen LogP contribution is -2.32. The molecule has 2 rings (SSSR count). The Labute approximate surface area is 137 Å². The second-order valence-corrected chi connectivity index (χ2v) is 6.46. The predicted molar refractivity (Wildman–Crippen MR) is 88.4 cm³/mol. The Bertz CT molecular complexity index is 611. The van der Waals surface area contributed by atoms with E-state index >= 15 is 0 Å². The van der Waals surface area contributed by atoms with Gasteiger partial charge in [-0.05, 0) is 51.7 Å². The van der Waals surface area contributed by atoms with Gasteiger partial charge in [0, 0.05) is 15.7 Å². The second kappa shape index (κ2) is 7.05. The van der Waals surface area contributed by atoms with Crippen molar-refractivity contribution in [2.75, 3.05) is 0 Å². The molecule has 0 aliphatic rings. The van der Waals surface area contributed by atoms with Gasteiger partial charge in [-0.1, -0.05) is 37.6 Å². The third-order valence-electron chi connectivity index (χ3n) is 3.14. The van der Waals surface area contributed by atoms with Crippen molar-refractivity contribution in [1.29, 1.82) is 0 Å². The van der Waals surface area contributed by atoms with E-state index in [1.165, 1.54) is 0 Å². The third-order valence-corrected chi connectivity index (χ3v) is 3.86. The number of carbonyl (C=O) groups is 1. The Morgan fingerprint density at radius 3 is 2.38 bits per heavy atom. The molecular weight excluding hydrogens is 352 g/mol. The van der Waals surface area contributed by atoms with Crippen LogP contribution in [0.4, 0.5) is 0 Å². The molecule has 3 nitrogen and oxygen atoms in total. The van der Waals surface area contributed by atoms with Gasteiger partial charge in [-0.2, -0.15) is 0 Å². The molecule has 21 heavy (non-hydrogen) atoms. The summed E-state index contributed by atoms with van der Waals surface area (Å²) in [6, 6.07) is 10.9. The summed E-state index contributed by atoms with van der Waals surface area (Å²) in [6.07, 6.45) is 1.61. The molecule has 1 aromatic heterocycles. The summed E-state index contributed by atoms with van der Waals surface area (Å²) in [4.78, 5) is 16.4. The molecule has 1 atom stereocenters. The Balaban J connectivity index is 2.18. The smallest absolute Gasteiger partial charge is 0.270 e. The normalized spacial score (nSPS) is 12.2. The number of pyridine rings is 1. The summed E-state index contributed by atoms with van der Waals surface area (Å²) in [5, 5.41) is 3.71. The van der Waals surface area contributed by atoms with Gasteiger partial charge < -0.3 is 5.32 Å². The largest absolute Gasteiger partial charge is 0.344 e. The number of hydrogen-bond acceptors (Lipinski definition) is 2. The minimum atomic E-state index is -0.184. The van der Waals surface area contributed by atoms with E-state index in [1.807, 2.05) is 24.3 Å². The molecule has 0 aliphatic heterocycles. The number of amides is 1. The van der Waals surface area contributed by atoms with Crippen LogP contribution in [0.15, 0.2) is 47.1 Å². The van der Waals surface area contributed by atoms with Crippen LogP contribution in [0.2, 0.25) is 5.02 Å². The molecular formula is C16H16BrClN2O. The molecule has 2 aromatic rings. The number of benzene rings is 1. The lowest BCUT2D eigenvalue weighted by molar-refractivity contribution is 0.0920. The zero-order valence-corrected chi connectivity index (χ0v) is 14.1. The Morgan fingerprint density at radius 2 is 1.86 bits per heavy atom. The number of rotatable bonds is 4. The molecule has 0 saturated carbocycles. The lowest BCUT2D eigenvalue weighted by atomic mass is 9.96. The highest BCUT2D eigenvalue weighted by Crippen LogP contribution is 2.23. The van der Waals surface area contributed by atoms with E-state index in [2.05, 4.69) is 40.1 Å². The minimum absolute atomic E-state index is 0.0831. The maximum absolute atomic E-state index is 12.3. The fourth-order valence-corrected chi connectivity index (χ4v) is 2.39. The molecule has 1 aromatic carbocycles. The fourth-order valence-electron chi connectivity index (χ4n) is 2.03.